The largest absolute Gasteiger partial charge is 0.398 e. The van der Waals surface area contributed by atoms with E-state index in [1.54, 1.807) is 6.20 Å². The third-order valence-electron chi connectivity index (χ3n) is 6.19. The van der Waals surface area contributed by atoms with Crippen LogP contribution in [0.25, 0.3) is 11.1 Å². The molecule has 33 heavy (non-hydrogen) atoms. The van der Waals surface area contributed by atoms with E-state index < -0.39 is 0 Å². The number of hydrogen-bond donors (Lipinski definition) is 2. The molecule has 5 nitrogen and oxygen atoms in total. The molecular formula is C27H33ClN4O. The minimum absolute atomic E-state index is 0.0782. The lowest BCUT2D eigenvalue weighted by atomic mass is 9.98. The van der Waals surface area contributed by atoms with Crippen LogP contribution in [0.1, 0.15) is 55.2 Å². The number of nitrogens with one attached hydrogen (secondary N) is 1. The zero-order chi connectivity index (χ0) is 22.9. The SMILES string of the molecule is Nc1ccnc(CCCCCCCc2cccnc2C2CNCCO2)c1-c1cccc(Cl)c1. The summed E-state index contributed by atoms with van der Waals surface area (Å²) in [5.41, 5.74) is 12.6. The Morgan fingerprint density at radius 3 is 2.64 bits per heavy atom. The molecule has 1 fully saturated rings. The number of nitrogens with zero attached hydrogens (tertiary/aromatic N) is 2. The van der Waals surface area contributed by atoms with E-state index in [9.17, 15) is 0 Å². The summed E-state index contributed by atoms with van der Waals surface area (Å²) in [6.45, 7) is 2.52. The minimum atomic E-state index is 0.0782. The monoisotopic (exact) mass is 464 g/mol. The molecule has 1 unspecified atom stereocenters. The average Bonchev–Trinajstić information content (AvgIpc) is 2.84. The maximum atomic E-state index is 6.29. The fourth-order valence-electron chi connectivity index (χ4n) is 4.52. The third kappa shape index (κ3) is 6.53. The molecule has 4 rings (SSSR count). The summed E-state index contributed by atoms with van der Waals surface area (Å²) in [7, 11) is 0. The van der Waals surface area contributed by atoms with Crippen molar-refractivity contribution in [3.05, 3.63) is 76.8 Å². The zero-order valence-corrected chi connectivity index (χ0v) is 19.9. The zero-order valence-electron chi connectivity index (χ0n) is 19.1. The first kappa shape index (κ1) is 23.7. The topological polar surface area (TPSA) is 73.1 Å². The molecule has 1 aliphatic heterocycles. The lowest BCUT2D eigenvalue weighted by molar-refractivity contribution is 0.0244. The molecule has 174 valence electrons. The number of unbranched alkanes of at least 4 members (excludes halogenated alkanes) is 4. The minimum Gasteiger partial charge on any atom is -0.398 e. The number of aromatic nitrogens is 2. The Hall–Kier alpha value is -2.47. The van der Waals surface area contributed by atoms with Crippen LogP contribution < -0.4 is 11.1 Å². The highest BCUT2D eigenvalue weighted by Gasteiger charge is 2.19. The maximum absolute atomic E-state index is 6.29. The highest BCUT2D eigenvalue weighted by molar-refractivity contribution is 6.30. The van der Waals surface area contributed by atoms with Crippen LogP contribution in [0.4, 0.5) is 5.69 Å². The van der Waals surface area contributed by atoms with Crippen molar-refractivity contribution in [3.8, 4) is 11.1 Å². The quantitative estimate of drug-likeness (QED) is 0.372. The summed E-state index contributed by atoms with van der Waals surface area (Å²) in [6, 6.07) is 13.9. The predicted molar refractivity (Wildman–Crippen MR) is 135 cm³/mol. The molecule has 0 radical (unpaired) electrons. The lowest BCUT2D eigenvalue weighted by Gasteiger charge is -2.24. The summed E-state index contributed by atoms with van der Waals surface area (Å²) in [6.07, 6.45) is 11.6. The van der Waals surface area contributed by atoms with Crippen LogP contribution in [0, 0.1) is 0 Å². The van der Waals surface area contributed by atoms with Crippen molar-refractivity contribution in [2.75, 3.05) is 25.4 Å². The average molecular weight is 465 g/mol. The number of benzene rings is 1. The second kappa shape index (κ2) is 12.1. The molecule has 1 aliphatic rings. The Kier molecular flexibility index (Phi) is 8.70. The molecule has 1 saturated heterocycles. The summed E-state index contributed by atoms with van der Waals surface area (Å²) in [5.74, 6) is 0. The van der Waals surface area contributed by atoms with E-state index in [0.717, 1.165) is 67.2 Å². The fourth-order valence-corrected chi connectivity index (χ4v) is 4.71. The summed E-state index contributed by atoms with van der Waals surface area (Å²) in [5, 5.41) is 4.11. The number of anilines is 1. The molecule has 0 spiro atoms. The smallest absolute Gasteiger partial charge is 0.112 e. The second-order valence-corrected chi connectivity index (χ2v) is 9.05. The Bertz CT molecular complexity index is 1040. The standard InChI is InChI=1S/C27H33ClN4O/c28-22-11-6-9-21(18-22)26-23(29)13-15-31-24(26)12-5-3-1-2-4-8-20-10-7-14-32-27(20)25-19-30-16-17-33-25/h6-7,9-11,13-15,18,25,30H,1-5,8,12,16-17,19H2,(H2,29,31). The number of halogens is 1. The molecule has 3 heterocycles. The van der Waals surface area contributed by atoms with Gasteiger partial charge >= 0.3 is 0 Å². The van der Waals surface area contributed by atoms with Crippen molar-refractivity contribution in [1.82, 2.24) is 15.3 Å². The molecule has 0 aliphatic carbocycles. The number of pyridine rings is 2. The second-order valence-electron chi connectivity index (χ2n) is 8.61. The number of nitrogen functional groups attached to an aromatic ring is 1. The number of nitrogens with two attached hydrogens (primary N) is 1. The maximum Gasteiger partial charge on any atom is 0.112 e. The Balaban J connectivity index is 1.24. The van der Waals surface area contributed by atoms with Crippen LogP contribution in [0.15, 0.2) is 54.9 Å². The first-order valence-corrected chi connectivity index (χ1v) is 12.4. The van der Waals surface area contributed by atoms with Gasteiger partial charge in [0.2, 0.25) is 0 Å². The van der Waals surface area contributed by atoms with Gasteiger partial charge in [0.1, 0.15) is 6.10 Å². The van der Waals surface area contributed by atoms with Gasteiger partial charge in [-0.2, -0.15) is 0 Å². The van der Waals surface area contributed by atoms with Gasteiger partial charge in [-0.15, -0.1) is 0 Å². The molecule has 2 aromatic heterocycles. The van der Waals surface area contributed by atoms with Crippen LogP contribution in [0.2, 0.25) is 5.02 Å². The Labute approximate surface area is 201 Å². The number of rotatable bonds is 10. The lowest BCUT2D eigenvalue weighted by Crippen LogP contribution is -2.34. The van der Waals surface area contributed by atoms with E-state index in [4.69, 9.17) is 22.1 Å². The van der Waals surface area contributed by atoms with Crippen molar-refractivity contribution >= 4 is 17.3 Å². The number of hydrogen-bond acceptors (Lipinski definition) is 5. The number of aryl methyl sites for hydroxylation is 2. The van der Waals surface area contributed by atoms with Crippen molar-refractivity contribution < 1.29 is 4.74 Å². The highest BCUT2D eigenvalue weighted by Crippen LogP contribution is 2.31. The molecule has 1 aromatic carbocycles. The predicted octanol–water partition coefficient (Wildman–Crippen LogP) is 5.78. The van der Waals surface area contributed by atoms with Gasteiger partial charge in [0.25, 0.3) is 0 Å². The van der Waals surface area contributed by atoms with Crippen molar-refractivity contribution in [2.45, 2.75) is 51.0 Å². The Morgan fingerprint density at radius 1 is 0.970 bits per heavy atom. The van der Waals surface area contributed by atoms with Gasteiger partial charge in [-0.3, -0.25) is 9.97 Å². The van der Waals surface area contributed by atoms with E-state index >= 15 is 0 Å². The van der Waals surface area contributed by atoms with Crippen molar-refractivity contribution in [2.24, 2.45) is 0 Å². The number of morpholine rings is 1. The molecule has 0 saturated carbocycles. The van der Waals surface area contributed by atoms with Gasteiger partial charge in [-0.25, -0.2) is 0 Å². The van der Waals surface area contributed by atoms with E-state index in [2.05, 4.69) is 21.4 Å². The normalized spacial score (nSPS) is 16.1. The molecule has 3 N–H and O–H groups in total. The van der Waals surface area contributed by atoms with E-state index in [1.165, 1.54) is 31.2 Å². The summed E-state index contributed by atoms with van der Waals surface area (Å²) in [4.78, 5) is 9.25. The molecule has 6 heteroatoms. The fraction of sp³-hybridized carbons (Fsp3) is 0.407. The van der Waals surface area contributed by atoms with Gasteiger partial charge in [-0.05, 0) is 61.1 Å². The van der Waals surface area contributed by atoms with Gasteiger partial charge in [0.05, 0.1) is 18.0 Å². The van der Waals surface area contributed by atoms with E-state index in [-0.39, 0.29) is 6.10 Å². The molecule has 1 atom stereocenters. The molecule has 3 aromatic rings. The van der Waals surface area contributed by atoms with Gasteiger partial charge in [-0.1, -0.05) is 49.1 Å². The van der Waals surface area contributed by atoms with Crippen LogP contribution >= 0.6 is 11.6 Å². The molecule has 0 amide bonds. The van der Waals surface area contributed by atoms with Crippen molar-refractivity contribution in [1.29, 1.82) is 0 Å². The highest BCUT2D eigenvalue weighted by atomic mass is 35.5. The van der Waals surface area contributed by atoms with Gasteiger partial charge in [0.15, 0.2) is 0 Å². The van der Waals surface area contributed by atoms with Gasteiger partial charge < -0.3 is 15.8 Å². The number of ether oxygens (including phenoxy) is 1. The van der Waals surface area contributed by atoms with E-state index in [0.29, 0.717) is 5.02 Å². The third-order valence-corrected chi connectivity index (χ3v) is 6.43. The molecular weight excluding hydrogens is 432 g/mol. The summed E-state index contributed by atoms with van der Waals surface area (Å²) < 4.78 is 5.92. The van der Waals surface area contributed by atoms with E-state index in [1.807, 2.05) is 42.6 Å². The van der Waals surface area contributed by atoms with Crippen molar-refractivity contribution in [3.63, 3.8) is 0 Å². The first-order valence-electron chi connectivity index (χ1n) is 12.0. The molecule has 0 bridgehead atoms. The first-order chi connectivity index (χ1) is 16.2. The van der Waals surface area contributed by atoms with Crippen LogP contribution in [-0.2, 0) is 17.6 Å². The summed E-state index contributed by atoms with van der Waals surface area (Å²) >= 11 is 6.20. The van der Waals surface area contributed by atoms with Crippen LogP contribution in [0.5, 0.6) is 0 Å². The van der Waals surface area contributed by atoms with Crippen LogP contribution in [-0.4, -0.2) is 29.7 Å². The van der Waals surface area contributed by atoms with Gasteiger partial charge in [0, 0.05) is 41.8 Å². The Morgan fingerprint density at radius 2 is 1.82 bits per heavy atom. The van der Waals surface area contributed by atoms with Crippen LogP contribution in [0.3, 0.4) is 0 Å².